The number of nitrogens with one attached hydrogen (secondary N) is 1. The first-order valence-electron chi connectivity index (χ1n) is 8.56. The Morgan fingerprint density at radius 2 is 1.96 bits per heavy atom. The summed E-state index contributed by atoms with van der Waals surface area (Å²) in [5, 5.41) is 2.64. The third-order valence-corrected chi connectivity index (χ3v) is 4.58. The first-order valence-corrected chi connectivity index (χ1v) is 8.56. The fourth-order valence-electron chi connectivity index (χ4n) is 3.22. The quantitative estimate of drug-likeness (QED) is 0.907. The second-order valence-corrected chi connectivity index (χ2v) is 6.30. The van der Waals surface area contributed by atoms with Crippen LogP contribution in [0.4, 0.5) is 16.0 Å². The van der Waals surface area contributed by atoms with E-state index in [0.29, 0.717) is 37.9 Å². The fraction of sp³-hybridized carbons (Fsp3) is 0.389. The molecule has 1 N–H and O–H groups in total. The van der Waals surface area contributed by atoms with Crippen molar-refractivity contribution >= 4 is 17.5 Å². The zero-order valence-electron chi connectivity index (χ0n) is 14.2. The number of benzene rings is 1. The third-order valence-electron chi connectivity index (χ3n) is 4.58. The van der Waals surface area contributed by atoms with Crippen molar-refractivity contribution in [3.8, 4) is 0 Å². The highest BCUT2D eigenvalue weighted by molar-refractivity contribution is 6.02. The van der Waals surface area contributed by atoms with Crippen LogP contribution in [0.15, 0.2) is 36.5 Å². The molecule has 2 aromatic rings. The minimum atomic E-state index is -0.469. The second kappa shape index (κ2) is 6.97. The number of ether oxygens (including phenoxy) is 2. The van der Waals surface area contributed by atoms with Gasteiger partial charge in [0.2, 0.25) is 5.95 Å². The maximum atomic E-state index is 13.2. The summed E-state index contributed by atoms with van der Waals surface area (Å²) >= 11 is 0. The van der Waals surface area contributed by atoms with E-state index in [2.05, 4.69) is 15.3 Å². The van der Waals surface area contributed by atoms with Crippen LogP contribution in [0.2, 0.25) is 0 Å². The molecule has 2 saturated heterocycles. The lowest BCUT2D eigenvalue weighted by molar-refractivity contribution is -0.169. The van der Waals surface area contributed by atoms with E-state index in [9.17, 15) is 9.18 Å². The molecular weight excluding hydrogens is 339 g/mol. The summed E-state index contributed by atoms with van der Waals surface area (Å²) in [5.74, 6) is -0.798. The number of nitrogens with zero attached hydrogens (tertiary/aromatic N) is 3. The van der Waals surface area contributed by atoms with Crippen LogP contribution in [0.1, 0.15) is 23.3 Å². The average Bonchev–Trinajstić information content (AvgIpc) is 3.10. The average molecular weight is 358 g/mol. The number of hydrogen-bond donors (Lipinski definition) is 1. The van der Waals surface area contributed by atoms with E-state index < -0.39 is 17.5 Å². The molecule has 1 amide bonds. The van der Waals surface area contributed by atoms with Crippen LogP contribution in [-0.4, -0.2) is 48.0 Å². The Balaban J connectivity index is 1.44. The number of carbonyl (C=O) groups is 1. The van der Waals surface area contributed by atoms with Crippen molar-refractivity contribution in [2.24, 2.45) is 0 Å². The van der Waals surface area contributed by atoms with Crippen molar-refractivity contribution in [2.45, 2.75) is 18.6 Å². The van der Waals surface area contributed by atoms with Gasteiger partial charge in [-0.25, -0.2) is 14.4 Å². The molecule has 26 heavy (non-hydrogen) atoms. The Kier molecular flexibility index (Phi) is 4.52. The minimum absolute atomic E-state index is 0.230. The highest BCUT2D eigenvalue weighted by Crippen LogP contribution is 2.32. The molecule has 8 heteroatoms. The van der Waals surface area contributed by atoms with Crippen LogP contribution in [0, 0.1) is 5.82 Å². The molecule has 4 rings (SSSR count). The molecule has 0 radical (unpaired) electrons. The van der Waals surface area contributed by atoms with Crippen LogP contribution in [0.3, 0.4) is 0 Å². The van der Waals surface area contributed by atoms with Crippen molar-refractivity contribution < 1.29 is 18.7 Å². The second-order valence-electron chi connectivity index (χ2n) is 6.30. The van der Waals surface area contributed by atoms with Gasteiger partial charge < -0.3 is 19.7 Å². The number of piperidine rings is 1. The SMILES string of the molecule is O=C(Nc1cccc(F)c1)c1ccnc(N2CCC3(CC2)OCCO3)n1. The van der Waals surface area contributed by atoms with E-state index in [1.165, 1.54) is 24.3 Å². The van der Waals surface area contributed by atoms with Crippen molar-refractivity contribution in [1.29, 1.82) is 0 Å². The van der Waals surface area contributed by atoms with E-state index >= 15 is 0 Å². The van der Waals surface area contributed by atoms with Crippen molar-refractivity contribution in [3.63, 3.8) is 0 Å². The molecule has 0 atom stereocenters. The van der Waals surface area contributed by atoms with Crippen LogP contribution in [0.25, 0.3) is 0 Å². The predicted molar refractivity (Wildman–Crippen MR) is 92.5 cm³/mol. The number of rotatable bonds is 3. The summed E-state index contributed by atoms with van der Waals surface area (Å²) in [6.07, 6.45) is 3.02. The van der Waals surface area contributed by atoms with E-state index in [4.69, 9.17) is 9.47 Å². The molecule has 0 bridgehead atoms. The Labute approximate surface area is 150 Å². The normalized spacial score (nSPS) is 18.9. The van der Waals surface area contributed by atoms with Gasteiger partial charge in [-0.1, -0.05) is 6.07 Å². The maximum absolute atomic E-state index is 13.2. The van der Waals surface area contributed by atoms with Gasteiger partial charge in [-0.2, -0.15) is 0 Å². The maximum Gasteiger partial charge on any atom is 0.274 e. The summed E-state index contributed by atoms with van der Waals surface area (Å²) in [7, 11) is 0. The first kappa shape index (κ1) is 16.9. The highest BCUT2D eigenvalue weighted by Gasteiger charge is 2.40. The fourth-order valence-corrected chi connectivity index (χ4v) is 3.22. The Bertz CT molecular complexity index is 801. The molecule has 0 aliphatic carbocycles. The van der Waals surface area contributed by atoms with E-state index in [1.807, 2.05) is 4.90 Å². The van der Waals surface area contributed by atoms with Crippen molar-refractivity contribution in [2.75, 3.05) is 36.5 Å². The lowest BCUT2D eigenvalue weighted by Crippen LogP contribution is -2.45. The number of amides is 1. The monoisotopic (exact) mass is 358 g/mol. The van der Waals surface area contributed by atoms with Gasteiger partial charge in [0.15, 0.2) is 5.79 Å². The van der Waals surface area contributed by atoms with Crippen molar-refractivity contribution in [3.05, 3.63) is 48.0 Å². The number of aromatic nitrogens is 2. The molecule has 2 aliphatic rings. The smallest absolute Gasteiger partial charge is 0.274 e. The number of halogens is 1. The number of hydrogen-bond acceptors (Lipinski definition) is 6. The molecule has 1 spiro atoms. The molecule has 7 nitrogen and oxygen atoms in total. The standard InChI is InChI=1S/C18H19FN4O3/c19-13-2-1-3-14(12-13)21-16(24)15-4-7-20-17(22-15)23-8-5-18(6-9-23)25-10-11-26-18/h1-4,7,12H,5-6,8-11H2,(H,21,24). The Morgan fingerprint density at radius 1 is 1.19 bits per heavy atom. The van der Waals surface area contributed by atoms with Crippen LogP contribution < -0.4 is 10.2 Å². The molecular formula is C18H19FN4O3. The molecule has 1 aromatic carbocycles. The topological polar surface area (TPSA) is 76.6 Å². The van der Waals surface area contributed by atoms with Gasteiger partial charge >= 0.3 is 0 Å². The van der Waals surface area contributed by atoms with Gasteiger partial charge in [0.05, 0.1) is 13.2 Å². The molecule has 1 aromatic heterocycles. The van der Waals surface area contributed by atoms with Crippen LogP contribution in [0.5, 0.6) is 0 Å². The summed E-state index contributed by atoms with van der Waals surface area (Å²) in [5.41, 5.74) is 0.610. The molecule has 0 unspecified atom stereocenters. The molecule has 0 saturated carbocycles. The molecule has 2 fully saturated rings. The van der Waals surface area contributed by atoms with Crippen LogP contribution >= 0.6 is 0 Å². The zero-order chi connectivity index (χ0) is 18.0. The van der Waals surface area contributed by atoms with Gasteiger partial charge in [-0.15, -0.1) is 0 Å². The van der Waals surface area contributed by atoms with E-state index in [0.717, 1.165) is 12.8 Å². The third kappa shape index (κ3) is 3.51. The van der Waals surface area contributed by atoms with E-state index in [-0.39, 0.29) is 5.69 Å². The van der Waals surface area contributed by atoms with Gasteiger partial charge in [0, 0.05) is 37.8 Å². The number of anilines is 2. The van der Waals surface area contributed by atoms with Gasteiger partial charge in [0.1, 0.15) is 11.5 Å². The lowest BCUT2D eigenvalue weighted by Gasteiger charge is -2.37. The summed E-state index contributed by atoms with van der Waals surface area (Å²) < 4.78 is 24.7. The lowest BCUT2D eigenvalue weighted by atomic mass is 10.0. The Morgan fingerprint density at radius 3 is 2.69 bits per heavy atom. The van der Waals surface area contributed by atoms with Gasteiger partial charge in [-0.05, 0) is 24.3 Å². The highest BCUT2D eigenvalue weighted by atomic mass is 19.1. The Hall–Kier alpha value is -2.58. The molecule has 136 valence electrons. The van der Waals surface area contributed by atoms with Crippen molar-refractivity contribution in [1.82, 2.24) is 9.97 Å². The van der Waals surface area contributed by atoms with E-state index in [1.54, 1.807) is 12.3 Å². The summed E-state index contributed by atoms with van der Waals surface area (Å²) in [4.78, 5) is 23.0. The largest absolute Gasteiger partial charge is 0.347 e. The molecule has 2 aliphatic heterocycles. The summed E-state index contributed by atoms with van der Waals surface area (Å²) in [6.45, 7) is 2.64. The zero-order valence-corrected chi connectivity index (χ0v) is 14.2. The van der Waals surface area contributed by atoms with Gasteiger partial charge in [0.25, 0.3) is 5.91 Å². The first-order chi connectivity index (χ1) is 12.6. The predicted octanol–water partition coefficient (Wildman–Crippen LogP) is 2.21. The summed E-state index contributed by atoms with van der Waals surface area (Å²) in [6, 6.07) is 7.26. The number of carbonyl (C=O) groups excluding carboxylic acids is 1. The van der Waals surface area contributed by atoms with Crippen LogP contribution in [-0.2, 0) is 9.47 Å². The molecule has 3 heterocycles. The van der Waals surface area contributed by atoms with Gasteiger partial charge in [-0.3, -0.25) is 4.79 Å². The minimum Gasteiger partial charge on any atom is -0.347 e.